The average Bonchev–Trinajstić information content (AvgIpc) is 2.89. The van der Waals surface area contributed by atoms with Crippen LogP contribution in [0.5, 0.6) is 0 Å². The highest BCUT2D eigenvalue weighted by molar-refractivity contribution is 5.67. The van der Waals surface area contributed by atoms with E-state index in [1.54, 1.807) is 11.9 Å². The Bertz CT molecular complexity index is 297. The maximum Gasteiger partial charge on any atom is 0.411 e. The quantitative estimate of drug-likeness (QED) is 0.803. The number of hydrogen-bond donors (Lipinski definition) is 1. The van der Waals surface area contributed by atoms with Gasteiger partial charge in [-0.2, -0.15) is 0 Å². The van der Waals surface area contributed by atoms with E-state index in [-0.39, 0.29) is 24.5 Å². The molecule has 0 unspecified atom stereocenters. The van der Waals surface area contributed by atoms with E-state index >= 15 is 0 Å². The predicted molar refractivity (Wildman–Crippen MR) is 63.6 cm³/mol. The van der Waals surface area contributed by atoms with Gasteiger partial charge in [0.25, 0.3) is 0 Å². The van der Waals surface area contributed by atoms with Crippen LogP contribution in [0.2, 0.25) is 0 Å². The van der Waals surface area contributed by atoms with Crippen LogP contribution >= 0.6 is 0 Å². The lowest BCUT2D eigenvalue weighted by Crippen LogP contribution is -2.47. The molecule has 0 bridgehead atoms. The number of amides is 1. The number of fused-ring (bicyclic) bond motifs is 1. The van der Waals surface area contributed by atoms with Crippen LogP contribution in [0.25, 0.3) is 0 Å². The standard InChI is InChI=1S/C12H22N2O3/c1-3-13(2)11(16)17-10-5-7-12(9-15)6-4-8-14(10)12/h10,15H,3-9H2,1-2H3/t10-,12+/m0/s1. The van der Waals surface area contributed by atoms with Gasteiger partial charge >= 0.3 is 6.09 Å². The Morgan fingerprint density at radius 1 is 1.59 bits per heavy atom. The first-order chi connectivity index (χ1) is 8.13. The van der Waals surface area contributed by atoms with Crippen molar-refractivity contribution < 1.29 is 14.6 Å². The van der Waals surface area contributed by atoms with E-state index in [0.717, 1.165) is 32.2 Å². The minimum absolute atomic E-state index is 0.115. The minimum Gasteiger partial charge on any atom is -0.430 e. The fourth-order valence-corrected chi connectivity index (χ4v) is 2.93. The first kappa shape index (κ1) is 12.6. The van der Waals surface area contributed by atoms with Crippen LogP contribution in [0.15, 0.2) is 0 Å². The van der Waals surface area contributed by atoms with Gasteiger partial charge in [0.1, 0.15) is 0 Å². The lowest BCUT2D eigenvalue weighted by atomic mass is 9.95. The Kier molecular flexibility index (Phi) is 3.58. The maximum atomic E-state index is 11.7. The van der Waals surface area contributed by atoms with Gasteiger partial charge in [-0.1, -0.05) is 0 Å². The smallest absolute Gasteiger partial charge is 0.411 e. The van der Waals surface area contributed by atoms with Gasteiger partial charge in [0.15, 0.2) is 6.23 Å². The first-order valence-corrected chi connectivity index (χ1v) is 6.42. The topological polar surface area (TPSA) is 53.0 Å². The molecular weight excluding hydrogens is 220 g/mol. The van der Waals surface area contributed by atoms with Crippen molar-refractivity contribution in [2.75, 3.05) is 26.7 Å². The molecule has 2 fully saturated rings. The zero-order valence-corrected chi connectivity index (χ0v) is 10.7. The molecule has 0 radical (unpaired) electrons. The SMILES string of the molecule is CCN(C)C(=O)O[C@H]1CC[C@@]2(CO)CCCN12. The third-order valence-electron chi connectivity index (χ3n) is 4.17. The molecule has 0 aromatic rings. The molecule has 0 saturated carbocycles. The number of carbonyl (C=O) groups is 1. The average molecular weight is 242 g/mol. The van der Waals surface area contributed by atoms with E-state index in [4.69, 9.17) is 4.74 Å². The minimum atomic E-state index is -0.266. The van der Waals surface area contributed by atoms with Crippen LogP contribution in [0.1, 0.15) is 32.6 Å². The van der Waals surface area contributed by atoms with Crippen molar-refractivity contribution in [2.24, 2.45) is 0 Å². The summed E-state index contributed by atoms with van der Waals surface area (Å²) >= 11 is 0. The third-order valence-corrected chi connectivity index (χ3v) is 4.17. The highest BCUT2D eigenvalue weighted by atomic mass is 16.6. The van der Waals surface area contributed by atoms with Gasteiger partial charge in [-0.05, 0) is 26.2 Å². The van der Waals surface area contributed by atoms with Crippen molar-refractivity contribution in [2.45, 2.75) is 44.4 Å². The summed E-state index contributed by atoms with van der Waals surface area (Å²) in [6, 6.07) is 0. The summed E-state index contributed by atoms with van der Waals surface area (Å²) in [5, 5.41) is 9.54. The van der Waals surface area contributed by atoms with Gasteiger partial charge in [-0.15, -0.1) is 0 Å². The van der Waals surface area contributed by atoms with Crippen molar-refractivity contribution in [3.8, 4) is 0 Å². The van der Waals surface area contributed by atoms with Crippen molar-refractivity contribution in [3.63, 3.8) is 0 Å². The number of rotatable bonds is 3. The van der Waals surface area contributed by atoms with Crippen molar-refractivity contribution >= 4 is 6.09 Å². The maximum absolute atomic E-state index is 11.7. The zero-order chi connectivity index (χ0) is 12.5. The number of aliphatic hydroxyl groups is 1. The predicted octanol–water partition coefficient (Wildman–Crippen LogP) is 1.02. The third kappa shape index (κ3) is 2.13. The molecule has 2 heterocycles. The van der Waals surface area contributed by atoms with Gasteiger partial charge in [0.05, 0.1) is 6.61 Å². The van der Waals surface area contributed by atoms with Crippen molar-refractivity contribution in [3.05, 3.63) is 0 Å². The molecule has 0 aliphatic carbocycles. The van der Waals surface area contributed by atoms with Gasteiger partial charge in [0, 0.05) is 32.1 Å². The molecule has 0 spiro atoms. The number of nitrogens with zero attached hydrogens (tertiary/aromatic N) is 2. The Labute approximate surface area is 102 Å². The van der Waals surface area contributed by atoms with Gasteiger partial charge in [-0.25, -0.2) is 4.79 Å². The highest BCUT2D eigenvalue weighted by Gasteiger charge is 2.50. The molecule has 98 valence electrons. The molecule has 1 N–H and O–H groups in total. The Balaban J connectivity index is 1.98. The summed E-state index contributed by atoms with van der Waals surface area (Å²) in [7, 11) is 1.74. The second-order valence-corrected chi connectivity index (χ2v) is 5.07. The second kappa shape index (κ2) is 4.82. The zero-order valence-electron chi connectivity index (χ0n) is 10.7. The van der Waals surface area contributed by atoms with E-state index in [1.807, 2.05) is 6.92 Å². The normalized spacial score (nSPS) is 32.5. The first-order valence-electron chi connectivity index (χ1n) is 6.42. The van der Waals surface area contributed by atoms with Crippen LogP contribution in [0.3, 0.4) is 0 Å². The molecule has 2 aliphatic rings. The van der Waals surface area contributed by atoms with Crippen LogP contribution in [-0.2, 0) is 4.74 Å². The van der Waals surface area contributed by atoms with E-state index in [2.05, 4.69) is 4.90 Å². The van der Waals surface area contributed by atoms with Crippen molar-refractivity contribution in [1.82, 2.24) is 9.80 Å². The Morgan fingerprint density at radius 3 is 3.00 bits per heavy atom. The van der Waals surface area contributed by atoms with E-state index < -0.39 is 0 Å². The van der Waals surface area contributed by atoms with Crippen LogP contribution in [-0.4, -0.2) is 59.5 Å². The van der Waals surface area contributed by atoms with Crippen LogP contribution in [0, 0.1) is 0 Å². The lowest BCUT2D eigenvalue weighted by Gasteiger charge is -2.33. The Hall–Kier alpha value is -0.810. The molecule has 5 nitrogen and oxygen atoms in total. The van der Waals surface area contributed by atoms with Gasteiger partial charge in [-0.3, -0.25) is 4.90 Å². The highest BCUT2D eigenvalue weighted by Crippen LogP contribution is 2.42. The molecule has 2 rings (SSSR count). The summed E-state index contributed by atoms with van der Waals surface area (Å²) in [4.78, 5) is 15.5. The molecule has 0 aromatic carbocycles. The molecule has 1 amide bonds. The summed E-state index contributed by atoms with van der Waals surface area (Å²) in [5.41, 5.74) is -0.115. The number of carbonyl (C=O) groups excluding carboxylic acids is 1. The fraction of sp³-hybridized carbons (Fsp3) is 0.917. The van der Waals surface area contributed by atoms with E-state index in [0.29, 0.717) is 6.54 Å². The molecular formula is C12H22N2O3. The van der Waals surface area contributed by atoms with Gasteiger partial charge in [0.2, 0.25) is 0 Å². The van der Waals surface area contributed by atoms with E-state index in [9.17, 15) is 9.90 Å². The summed E-state index contributed by atoms with van der Waals surface area (Å²) in [6.07, 6.45) is 3.45. The largest absolute Gasteiger partial charge is 0.430 e. The number of ether oxygens (including phenoxy) is 1. The molecule has 2 aliphatic heterocycles. The lowest BCUT2D eigenvalue weighted by molar-refractivity contribution is -0.0351. The molecule has 2 saturated heterocycles. The summed E-state index contributed by atoms with van der Waals surface area (Å²) < 4.78 is 5.51. The fourth-order valence-electron chi connectivity index (χ4n) is 2.93. The Morgan fingerprint density at radius 2 is 2.35 bits per heavy atom. The molecule has 5 heteroatoms. The number of aliphatic hydroxyl groups excluding tert-OH is 1. The van der Waals surface area contributed by atoms with E-state index in [1.165, 1.54) is 0 Å². The van der Waals surface area contributed by atoms with Crippen molar-refractivity contribution in [1.29, 1.82) is 0 Å². The van der Waals surface area contributed by atoms with Crippen LogP contribution < -0.4 is 0 Å². The van der Waals surface area contributed by atoms with Crippen LogP contribution in [0.4, 0.5) is 4.79 Å². The van der Waals surface area contributed by atoms with Gasteiger partial charge < -0.3 is 14.7 Å². The second-order valence-electron chi connectivity index (χ2n) is 5.07. The molecule has 17 heavy (non-hydrogen) atoms. The number of hydrogen-bond acceptors (Lipinski definition) is 4. The molecule has 0 aromatic heterocycles. The molecule has 2 atom stereocenters. The summed E-state index contributed by atoms with van der Waals surface area (Å²) in [6.45, 7) is 3.67. The summed E-state index contributed by atoms with van der Waals surface area (Å²) in [5.74, 6) is 0. The monoisotopic (exact) mass is 242 g/mol.